The van der Waals surface area contributed by atoms with Crippen LogP contribution in [0.5, 0.6) is 0 Å². The molecule has 1 unspecified atom stereocenters. The molecule has 16 heavy (non-hydrogen) atoms. The van der Waals surface area contributed by atoms with Crippen LogP contribution in [-0.4, -0.2) is 6.54 Å². The summed E-state index contributed by atoms with van der Waals surface area (Å²) >= 11 is 1.81. The van der Waals surface area contributed by atoms with E-state index in [0.717, 1.165) is 6.54 Å². The predicted octanol–water partition coefficient (Wildman–Crippen LogP) is 4.76. The van der Waals surface area contributed by atoms with Gasteiger partial charge in [0.25, 0.3) is 0 Å². The first kappa shape index (κ1) is 13.7. The van der Waals surface area contributed by atoms with Gasteiger partial charge in [0, 0.05) is 6.04 Å². The summed E-state index contributed by atoms with van der Waals surface area (Å²) in [6.07, 6.45) is 7.94. The van der Waals surface area contributed by atoms with Crippen molar-refractivity contribution >= 4 is 11.3 Å². The van der Waals surface area contributed by atoms with Crippen LogP contribution in [-0.2, 0) is 0 Å². The second-order valence-corrected chi connectivity index (χ2v) is 5.19. The lowest BCUT2D eigenvalue weighted by Gasteiger charge is -2.17. The van der Waals surface area contributed by atoms with Gasteiger partial charge in [0.15, 0.2) is 0 Å². The molecule has 0 aromatic carbocycles. The third kappa shape index (κ3) is 5.13. The first-order valence-corrected chi connectivity index (χ1v) is 7.58. The Hall–Kier alpha value is -0.340. The van der Waals surface area contributed by atoms with Gasteiger partial charge >= 0.3 is 0 Å². The number of hydrogen-bond acceptors (Lipinski definition) is 2. The fourth-order valence-electron chi connectivity index (χ4n) is 1.95. The molecule has 0 radical (unpaired) electrons. The third-order valence-electron chi connectivity index (χ3n) is 2.93. The standard InChI is InChI=1S/C14H25NS/c1-3-5-6-7-8-14(15-10-4-2)13-9-11-16-12-13/h9,11-12,14-15H,3-8,10H2,1-2H3. The molecule has 1 atom stereocenters. The van der Waals surface area contributed by atoms with Crippen molar-refractivity contribution in [2.24, 2.45) is 0 Å². The summed E-state index contributed by atoms with van der Waals surface area (Å²) in [7, 11) is 0. The van der Waals surface area contributed by atoms with Crippen molar-refractivity contribution in [2.45, 2.75) is 58.4 Å². The molecule has 2 heteroatoms. The second kappa shape index (κ2) is 8.77. The molecule has 0 saturated heterocycles. The lowest BCUT2D eigenvalue weighted by molar-refractivity contribution is 0.471. The molecule has 0 saturated carbocycles. The highest BCUT2D eigenvalue weighted by Crippen LogP contribution is 2.22. The van der Waals surface area contributed by atoms with E-state index in [2.05, 4.69) is 36.0 Å². The van der Waals surface area contributed by atoms with Gasteiger partial charge in [-0.1, -0.05) is 39.5 Å². The molecule has 1 N–H and O–H groups in total. The van der Waals surface area contributed by atoms with Gasteiger partial charge in [-0.15, -0.1) is 0 Å². The Labute approximate surface area is 104 Å². The molecule has 0 aliphatic rings. The van der Waals surface area contributed by atoms with Crippen molar-refractivity contribution in [2.75, 3.05) is 6.54 Å². The molecule has 1 heterocycles. The van der Waals surface area contributed by atoms with E-state index in [0.29, 0.717) is 6.04 Å². The zero-order valence-corrected chi connectivity index (χ0v) is 11.5. The molecule has 92 valence electrons. The third-order valence-corrected chi connectivity index (χ3v) is 3.63. The minimum Gasteiger partial charge on any atom is -0.310 e. The fraction of sp³-hybridized carbons (Fsp3) is 0.714. The molecule has 1 aromatic heterocycles. The number of nitrogens with one attached hydrogen (secondary N) is 1. The second-order valence-electron chi connectivity index (χ2n) is 4.41. The van der Waals surface area contributed by atoms with E-state index in [1.807, 2.05) is 0 Å². The molecule has 0 aliphatic carbocycles. The molecule has 0 fully saturated rings. The maximum absolute atomic E-state index is 3.66. The van der Waals surface area contributed by atoms with E-state index in [9.17, 15) is 0 Å². The lowest BCUT2D eigenvalue weighted by Crippen LogP contribution is -2.21. The quantitative estimate of drug-likeness (QED) is 0.613. The topological polar surface area (TPSA) is 12.0 Å². The zero-order valence-electron chi connectivity index (χ0n) is 10.7. The van der Waals surface area contributed by atoms with Crippen molar-refractivity contribution in [1.29, 1.82) is 0 Å². The maximum atomic E-state index is 3.66. The van der Waals surface area contributed by atoms with Gasteiger partial charge in [-0.3, -0.25) is 0 Å². The van der Waals surface area contributed by atoms with Crippen LogP contribution in [0.15, 0.2) is 16.8 Å². The highest BCUT2D eigenvalue weighted by Gasteiger charge is 2.09. The van der Waals surface area contributed by atoms with Gasteiger partial charge in [-0.05, 0) is 41.8 Å². The van der Waals surface area contributed by atoms with Crippen molar-refractivity contribution in [3.05, 3.63) is 22.4 Å². The summed E-state index contributed by atoms with van der Waals surface area (Å²) < 4.78 is 0. The highest BCUT2D eigenvalue weighted by atomic mass is 32.1. The first-order valence-electron chi connectivity index (χ1n) is 6.64. The zero-order chi connectivity index (χ0) is 11.6. The van der Waals surface area contributed by atoms with E-state index in [4.69, 9.17) is 0 Å². The Morgan fingerprint density at radius 1 is 1.19 bits per heavy atom. The molecular formula is C14H25NS. The largest absolute Gasteiger partial charge is 0.310 e. The van der Waals surface area contributed by atoms with Crippen molar-refractivity contribution in [1.82, 2.24) is 5.32 Å². The molecule has 0 spiro atoms. The highest BCUT2D eigenvalue weighted by molar-refractivity contribution is 7.07. The summed E-state index contributed by atoms with van der Waals surface area (Å²) in [5.74, 6) is 0. The summed E-state index contributed by atoms with van der Waals surface area (Å²) in [5.41, 5.74) is 1.48. The van der Waals surface area contributed by atoms with Crippen molar-refractivity contribution in [3.63, 3.8) is 0 Å². The van der Waals surface area contributed by atoms with E-state index < -0.39 is 0 Å². The van der Waals surface area contributed by atoms with Crippen LogP contribution in [0, 0.1) is 0 Å². The Bertz CT molecular complexity index is 243. The monoisotopic (exact) mass is 239 g/mol. The number of hydrogen-bond donors (Lipinski definition) is 1. The molecule has 0 bridgehead atoms. The van der Waals surface area contributed by atoms with E-state index in [-0.39, 0.29) is 0 Å². The van der Waals surface area contributed by atoms with Gasteiger partial charge in [0.2, 0.25) is 0 Å². The lowest BCUT2D eigenvalue weighted by atomic mass is 10.0. The molecule has 0 aliphatic heterocycles. The number of unbranched alkanes of at least 4 members (excludes halogenated alkanes) is 3. The summed E-state index contributed by atoms with van der Waals surface area (Å²) in [5, 5.41) is 8.12. The van der Waals surface area contributed by atoms with E-state index >= 15 is 0 Å². The van der Waals surface area contributed by atoms with E-state index in [1.165, 1.54) is 44.1 Å². The molecule has 1 rings (SSSR count). The van der Waals surface area contributed by atoms with Crippen LogP contribution in [0.3, 0.4) is 0 Å². The fourth-order valence-corrected chi connectivity index (χ4v) is 2.67. The minimum atomic E-state index is 0.586. The van der Waals surface area contributed by atoms with Gasteiger partial charge in [0.05, 0.1) is 0 Å². The van der Waals surface area contributed by atoms with Crippen LogP contribution in [0.2, 0.25) is 0 Å². The number of thiophene rings is 1. The first-order chi connectivity index (χ1) is 7.88. The van der Waals surface area contributed by atoms with E-state index in [1.54, 1.807) is 11.3 Å². The Morgan fingerprint density at radius 2 is 2.06 bits per heavy atom. The summed E-state index contributed by atoms with van der Waals surface area (Å²) in [6.45, 7) is 5.63. The normalized spacial score (nSPS) is 12.9. The molecular weight excluding hydrogens is 214 g/mol. The van der Waals surface area contributed by atoms with Crippen molar-refractivity contribution in [3.8, 4) is 0 Å². The molecule has 1 aromatic rings. The average molecular weight is 239 g/mol. The SMILES string of the molecule is CCCCCCC(NCCC)c1ccsc1. The average Bonchev–Trinajstić information content (AvgIpc) is 2.82. The Balaban J connectivity index is 2.32. The van der Waals surface area contributed by atoms with Crippen LogP contribution in [0.4, 0.5) is 0 Å². The minimum absolute atomic E-state index is 0.586. The van der Waals surface area contributed by atoms with Crippen LogP contribution < -0.4 is 5.32 Å². The van der Waals surface area contributed by atoms with Crippen LogP contribution in [0.25, 0.3) is 0 Å². The maximum Gasteiger partial charge on any atom is 0.0328 e. The van der Waals surface area contributed by atoms with Crippen LogP contribution >= 0.6 is 11.3 Å². The van der Waals surface area contributed by atoms with Gasteiger partial charge in [0.1, 0.15) is 0 Å². The van der Waals surface area contributed by atoms with Gasteiger partial charge in [-0.2, -0.15) is 11.3 Å². The predicted molar refractivity (Wildman–Crippen MR) is 74.1 cm³/mol. The molecule has 0 amide bonds. The van der Waals surface area contributed by atoms with Crippen molar-refractivity contribution < 1.29 is 0 Å². The smallest absolute Gasteiger partial charge is 0.0328 e. The summed E-state index contributed by atoms with van der Waals surface area (Å²) in [6, 6.07) is 2.85. The Morgan fingerprint density at radius 3 is 2.69 bits per heavy atom. The number of rotatable bonds is 9. The molecule has 1 nitrogen and oxygen atoms in total. The summed E-state index contributed by atoms with van der Waals surface area (Å²) in [4.78, 5) is 0. The Kier molecular flexibility index (Phi) is 7.52. The van der Waals surface area contributed by atoms with Crippen LogP contribution in [0.1, 0.15) is 64.0 Å². The van der Waals surface area contributed by atoms with Gasteiger partial charge in [-0.25, -0.2) is 0 Å². The van der Waals surface area contributed by atoms with Gasteiger partial charge < -0.3 is 5.32 Å².